The molecule has 0 spiro atoms. The number of nitrogens with zero attached hydrogens (tertiary/aromatic N) is 4. The smallest absolute Gasteiger partial charge is 0.242 e. The summed E-state index contributed by atoms with van der Waals surface area (Å²) in [5, 5.41) is 5.19. The number of hydrogen-bond acceptors (Lipinski definition) is 5. The van der Waals surface area contributed by atoms with E-state index in [9.17, 15) is 14.0 Å². The molecule has 1 saturated heterocycles. The van der Waals surface area contributed by atoms with Gasteiger partial charge in [0, 0.05) is 29.1 Å². The normalized spacial score (nSPS) is 18.3. The Balaban J connectivity index is 1.73. The van der Waals surface area contributed by atoms with Crippen LogP contribution >= 0.6 is 23.4 Å². The first-order valence-electron chi connectivity index (χ1n) is 12.6. The monoisotopic (exact) mass is 556 g/mol. The molecule has 0 aliphatic carbocycles. The molecule has 2 amide bonds. The Hall–Kier alpha value is -2.88. The zero-order valence-corrected chi connectivity index (χ0v) is 23.2. The number of carbonyl (C=O) groups excluding carboxylic acids is 2. The van der Waals surface area contributed by atoms with Crippen LogP contribution in [0.1, 0.15) is 42.8 Å². The lowest BCUT2D eigenvalue weighted by Crippen LogP contribution is -2.48. The molecule has 2 aliphatic rings. The molecule has 0 bridgehead atoms. The van der Waals surface area contributed by atoms with Crippen molar-refractivity contribution < 1.29 is 18.7 Å². The summed E-state index contributed by atoms with van der Waals surface area (Å²) in [6.07, 6.45) is 0. The zero-order chi connectivity index (χ0) is 27.0. The molecule has 1 aromatic heterocycles. The second kappa shape index (κ2) is 10.7. The van der Waals surface area contributed by atoms with Gasteiger partial charge >= 0.3 is 0 Å². The van der Waals surface area contributed by atoms with Gasteiger partial charge in [-0.15, -0.1) is 11.8 Å². The van der Waals surface area contributed by atoms with Gasteiger partial charge in [-0.25, -0.2) is 9.07 Å². The Morgan fingerprint density at radius 2 is 1.89 bits per heavy atom. The van der Waals surface area contributed by atoms with Crippen molar-refractivity contribution in [3.05, 3.63) is 76.2 Å². The Morgan fingerprint density at radius 1 is 1.16 bits per heavy atom. The number of rotatable bonds is 4. The molecule has 1 atom stereocenters. The molecule has 3 heterocycles. The highest BCUT2D eigenvalue weighted by Crippen LogP contribution is 2.48. The zero-order valence-electron chi connectivity index (χ0n) is 21.6. The Kier molecular flexibility index (Phi) is 7.53. The van der Waals surface area contributed by atoms with Crippen molar-refractivity contribution in [2.45, 2.75) is 31.4 Å². The summed E-state index contributed by atoms with van der Waals surface area (Å²) >= 11 is 7.78. The van der Waals surface area contributed by atoms with Gasteiger partial charge < -0.3 is 9.64 Å². The number of amides is 2. The summed E-state index contributed by atoms with van der Waals surface area (Å²) < 4.78 is 21.5. The molecule has 0 radical (unpaired) electrons. The van der Waals surface area contributed by atoms with Crippen molar-refractivity contribution in [3.8, 4) is 5.69 Å². The third-order valence-corrected chi connectivity index (χ3v) is 8.15. The summed E-state index contributed by atoms with van der Waals surface area (Å²) in [6, 6.07) is 13.7. The van der Waals surface area contributed by atoms with Crippen LogP contribution in [0, 0.1) is 5.82 Å². The number of thioether (sulfide) groups is 1. The second-order valence-corrected chi connectivity index (χ2v) is 12.0. The molecular formula is C28H30ClFN4O3S. The van der Waals surface area contributed by atoms with Gasteiger partial charge in [-0.1, -0.05) is 50.6 Å². The number of morpholine rings is 1. The number of hydrogen-bond donors (Lipinski definition) is 0. The average molecular weight is 557 g/mol. The molecule has 5 rings (SSSR count). The third-order valence-electron chi connectivity index (χ3n) is 6.66. The number of benzene rings is 2. The van der Waals surface area contributed by atoms with Crippen molar-refractivity contribution in [1.82, 2.24) is 14.7 Å². The molecule has 1 fully saturated rings. The predicted molar refractivity (Wildman–Crippen MR) is 148 cm³/mol. The summed E-state index contributed by atoms with van der Waals surface area (Å²) in [5.74, 6) is -0.0636. The summed E-state index contributed by atoms with van der Waals surface area (Å²) in [4.78, 5) is 30.4. The lowest BCUT2D eigenvalue weighted by molar-refractivity contribution is -0.134. The number of anilines is 1. The third kappa shape index (κ3) is 5.32. The summed E-state index contributed by atoms with van der Waals surface area (Å²) in [5.41, 5.74) is 2.57. The van der Waals surface area contributed by atoms with Gasteiger partial charge in [0.1, 0.15) is 18.2 Å². The minimum atomic E-state index is -0.409. The highest BCUT2D eigenvalue weighted by molar-refractivity contribution is 8.00. The topological polar surface area (TPSA) is 67.7 Å². The van der Waals surface area contributed by atoms with E-state index in [2.05, 4.69) is 20.8 Å². The molecule has 7 nitrogen and oxygen atoms in total. The summed E-state index contributed by atoms with van der Waals surface area (Å²) in [6.45, 7) is 7.94. The minimum Gasteiger partial charge on any atom is -0.378 e. The van der Waals surface area contributed by atoms with Crippen LogP contribution in [0.5, 0.6) is 0 Å². The number of carbonyl (C=O) groups is 2. The lowest BCUT2D eigenvalue weighted by Gasteiger charge is -2.30. The van der Waals surface area contributed by atoms with Crippen LogP contribution in [0.2, 0.25) is 5.02 Å². The van der Waals surface area contributed by atoms with Crippen LogP contribution in [0.15, 0.2) is 48.5 Å². The maximum Gasteiger partial charge on any atom is 0.242 e. The largest absolute Gasteiger partial charge is 0.378 e. The molecule has 0 saturated carbocycles. The van der Waals surface area contributed by atoms with Crippen LogP contribution in [0.25, 0.3) is 5.69 Å². The van der Waals surface area contributed by atoms with Crippen molar-refractivity contribution >= 4 is 41.0 Å². The number of halogens is 2. The SMILES string of the molecule is CC(C)(C)c1nn(-c2cccc(Cl)c2)c2c1C(c1cccc(F)c1)SCC(=O)N2CC(=O)N1CCOCC1. The van der Waals surface area contributed by atoms with Gasteiger partial charge in [-0.2, -0.15) is 5.10 Å². The minimum absolute atomic E-state index is 0.127. The molecule has 0 N–H and O–H groups in total. The number of fused-ring (bicyclic) bond motifs is 1. The maximum absolute atomic E-state index is 14.4. The Labute approximate surface area is 230 Å². The highest BCUT2D eigenvalue weighted by atomic mass is 35.5. The van der Waals surface area contributed by atoms with Crippen molar-refractivity contribution in [3.63, 3.8) is 0 Å². The molecule has 38 heavy (non-hydrogen) atoms. The average Bonchev–Trinajstić information content (AvgIpc) is 3.22. The van der Waals surface area contributed by atoms with Gasteiger partial charge in [0.25, 0.3) is 0 Å². The van der Waals surface area contributed by atoms with E-state index in [1.54, 1.807) is 32.7 Å². The quantitative estimate of drug-likeness (QED) is 0.453. The van der Waals surface area contributed by atoms with E-state index in [0.29, 0.717) is 42.8 Å². The maximum atomic E-state index is 14.4. The van der Waals surface area contributed by atoms with E-state index in [4.69, 9.17) is 21.4 Å². The molecule has 1 unspecified atom stereocenters. The van der Waals surface area contributed by atoms with E-state index < -0.39 is 5.41 Å². The van der Waals surface area contributed by atoms with Crippen LogP contribution in [-0.4, -0.2) is 65.1 Å². The standard InChI is InChI=1S/C28H30ClFN4O3S/c1-28(2,3)26-24-25(18-6-4-8-20(30)14-18)38-17-23(36)33(16-22(35)32-10-12-37-13-11-32)27(24)34(31-26)21-9-5-7-19(29)15-21/h4-9,14-15,25H,10-13,16-17H2,1-3H3. The fourth-order valence-electron chi connectivity index (χ4n) is 4.84. The van der Waals surface area contributed by atoms with Crippen molar-refractivity contribution in [2.24, 2.45) is 0 Å². The first kappa shape index (κ1) is 26.7. The Morgan fingerprint density at radius 3 is 2.58 bits per heavy atom. The van der Waals surface area contributed by atoms with Crippen LogP contribution in [-0.2, 0) is 19.7 Å². The lowest BCUT2D eigenvalue weighted by atomic mass is 9.87. The van der Waals surface area contributed by atoms with Crippen LogP contribution in [0.3, 0.4) is 0 Å². The number of ether oxygens (including phenoxy) is 1. The first-order valence-corrected chi connectivity index (χ1v) is 14.0. The van der Waals surface area contributed by atoms with Crippen LogP contribution in [0.4, 0.5) is 10.2 Å². The van der Waals surface area contributed by atoms with Crippen molar-refractivity contribution in [1.29, 1.82) is 0 Å². The van der Waals surface area contributed by atoms with Gasteiger partial charge in [0.05, 0.1) is 35.6 Å². The van der Waals surface area contributed by atoms with E-state index in [1.165, 1.54) is 23.9 Å². The predicted octanol–water partition coefficient (Wildman–Crippen LogP) is 4.99. The number of aromatic nitrogens is 2. The molecule has 200 valence electrons. The van der Waals surface area contributed by atoms with E-state index >= 15 is 0 Å². The molecule has 2 aliphatic heterocycles. The Bertz CT molecular complexity index is 1370. The first-order chi connectivity index (χ1) is 18.1. The second-order valence-electron chi connectivity index (χ2n) is 10.4. The fraction of sp³-hybridized carbons (Fsp3) is 0.393. The van der Waals surface area contributed by atoms with Gasteiger partial charge in [-0.3, -0.25) is 14.5 Å². The van der Waals surface area contributed by atoms with Crippen LogP contribution < -0.4 is 4.90 Å². The van der Waals surface area contributed by atoms with Gasteiger partial charge in [0.15, 0.2) is 0 Å². The van der Waals surface area contributed by atoms with Crippen molar-refractivity contribution in [2.75, 3.05) is 43.5 Å². The van der Waals surface area contributed by atoms with E-state index in [1.807, 2.05) is 18.2 Å². The van der Waals surface area contributed by atoms with Gasteiger partial charge in [-0.05, 0) is 35.9 Å². The van der Waals surface area contributed by atoms with E-state index in [0.717, 1.165) is 16.8 Å². The van der Waals surface area contributed by atoms with Gasteiger partial charge in [0.2, 0.25) is 11.8 Å². The molecule has 2 aromatic carbocycles. The highest BCUT2D eigenvalue weighted by Gasteiger charge is 2.40. The molecular weight excluding hydrogens is 527 g/mol. The fourth-order valence-corrected chi connectivity index (χ4v) is 6.21. The molecule has 3 aromatic rings. The summed E-state index contributed by atoms with van der Waals surface area (Å²) in [7, 11) is 0. The molecule has 10 heteroatoms. The van der Waals surface area contributed by atoms with E-state index in [-0.39, 0.29) is 35.2 Å².